The molecule has 2 aromatic rings. The largest absolute Gasteiger partial charge is 0.481 e. The topological polar surface area (TPSA) is 93.7 Å². The Bertz CT molecular complexity index is 853. The van der Waals surface area contributed by atoms with Crippen LogP contribution in [0.25, 0.3) is 10.8 Å². The van der Waals surface area contributed by atoms with Crippen LogP contribution in [0.1, 0.15) is 20.8 Å². The SMILES string of the molecule is CC(C)NC(=O)NC(=O)[C@@H](C)OC(=O)COc1ccc(Cl)c2ccccc12. The second kappa shape index (κ2) is 9.23. The van der Waals surface area contributed by atoms with Crippen molar-refractivity contribution in [3.8, 4) is 5.75 Å². The van der Waals surface area contributed by atoms with Crippen LogP contribution in [0.4, 0.5) is 4.79 Å². The van der Waals surface area contributed by atoms with E-state index in [0.717, 1.165) is 10.8 Å². The summed E-state index contributed by atoms with van der Waals surface area (Å²) in [5.41, 5.74) is 0. The first-order valence-corrected chi connectivity index (χ1v) is 8.76. The predicted molar refractivity (Wildman–Crippen MR) is 102 cm³/mol. The van der Waals surface area contributed by atoms with Gasteiger partial charge in [-0.1, -0.05) is 35.9 Å². The third-order valence-corrected chi connectivity index (χ3v) is 3.84. The molecule has 0 aliphatic heterocycles. The molecule has 0 spiro atoms. The van der Waals surface area contributed by atoms with Crippen molar-refractivity contribution < 1.29 is 23.9 Å². The van der Waals surface area contributed by atoms with Crippen molar-refractivity contribution in [2.45, 2.75) is 32.9 Å². The fraction of sp³-hybridized carbons (Fsp3) is 0.316. The van der Waals surface area contributed by atoms with Crippen LogP contribution in [0.2, 0.25) is 5.02 Å². The highest BCUT2D eigenvalue weighted by Gasteiger charge is 2.20. The monoisotopic (exact) mass is 392 g/mol. The van der Waals surface area contributed by atoms with E-state index in [1.165, 1.54) is 6.92 Å². The van der Waals surface area contributed by atoms with Crippen LogP contribution in [-0.4, -0.2) is 36.7 Å². The maximum atomic E-state index is 11.9. The molecule has 0 aliphatic carbocycles. The number of carbonyl (C=O) groups is 3. The number of carbonyl (C=O) groups excluding carboxylic acids is 3. The summed E-state index contributed by atoms with van der Waals surface area (Å²) in [5, 5.41) is 6.73. The summed E-state index contributed by atoms with van der Waals surface area (Å²) in [6.45, 7) is 4.49. The second-order valence-corrected chi connectivity index (χ2v) is 6.54. The number of urea groups is 1. The molecule has 2 aromatic carbocycles. The summed E-state index contributed by atoms with van der Waals surface area (Å²) >= 11 is 6.14. The molecule has 1 atom stereocenters. The molecule has 144 valence electrons. The van der Waals surface area contributed by atoms with Gasteiger partial charge in [0.2, 0.25) is 0 Å². The number of halogens is 1. The zero-order chi connectivity index (χ0) is 20.0. The number of fused-ring (bicyclic) bond motifs is 1. The maximum absolute atomic E-state index is 11.9. The second-order valence-electron chi connectivity index (χ2n) is 6.13. The van der Waals surface area contributed by atoms with E-state index in [0.29, 0.717) is 10.8 Å². The smallest absolute Gasteiger partial charge is 0.344 e. The number of hydrogen-bond acceptors (Lipinski definition) is 5. The van der Waals surface area contributed by atoms with E-state index in [4.69, 9.17) is 21.1 Å². The Kier molecular flexibility index (Phi) is 7.01. The summed E-state index contributed by atoms with van der Waals surface area (Å²) in [6, 6.07) is 9.90. The number of nitrogens with one attached hydrogen (secondary N) is 2. The number of rotatable bonds is 6. The third kappa shape index (κ3) is 5.86. The minimum atomic E-state index is -1.14. The molecular formula is C19H21ClN2O5. The van der Waals surface area contributed by atoms with Crippen molar-refractivity contribution in [3.05, 3.63) is 41.4 Å². The lowest BCUT2D eigenvalue weighted by molar-refractivity contribution is -0.156. The van der Waals surface area contributed by atoms with Gasteiger partial charge in [-0.05, 0) is 32.9 Å². The molecular weight excluding hydrogens is 372 g/mol. The van der Waals surface area contributed by atoms with E-state index >= 15 is 0 Å². The quantitative estimate of drug-likeness (QED) is 0.737. The zero-order valence-electron chi connectivity index (χ0n) is 15.2. The first-order chi connectivity index (χ1) is 12.8. The van der Waals surface area contributed by atoms with Crippen molar-refractivity contribution in [2.75, 3.05) is 6.61 Å². The number of ether oxygens (including phenoxy) is 2. The molecule has 0 unspecified atom stereocenters. The molecule has 3 amide bonds. The standard InChI is InChI=1S/C19H21ClN2O5/c1-11(2)21-19(25)22-18(24)12(3)27-17(23)10-26-16-9-8-15(20)13-6-4-5-7-14(13)16/h4-9,11-12H,10H2,1-3H3,(H2,21,22,24,25)/t12-/m1/s1. The Morgan fingerprint density at radius 2 is 1.70 bits per heavy atom. The summed E-state index contributed by atoms with van der Waals surface area (Å²) < 4.78 is 10.5. The summed E-state index contributed by atoms with van der Waals surface area (Å²) in [6.07, 6.45) is -1.14. The molecule has 2 N–H and O–H groups in total. The Balaban J connectivity index is 1.90. The summed E-state index contributed by atoms with van der Waals surface area (Å²) in [4.78, 5) is 35.3. The lowest BCUT2D eigenvalue weighted by atomic mass is 10.1. The highest BCUT2D eigenvalue weighted by atomic mass is 35.5. The molecule has 0 saturated heterocycles. The summed E-state index contributed by atoms with van der Waals surface area (Å²) in [7, 11) is 0. The van der Waals surface area contributed by atoms with E-state index in [1.54, 1.807) is 26.0 Å². The highest BCUT2D eigenvalue weighted by molar-refractivity contribution is 6.35. The molecule has 7 nitrogen and oxygen atoms in total. The molecule has 2 rings (SSSR count). The Morgan fingerprint density at radius 3 is 2.37 bits per heavy atom. The normalized spacial score (nSPS) is 11.7. The average molecular weight is 393 g/mol. The van der Waals surface area contributed by atoms with Crippen molar-refractivity contribution in [3.63, 3.8) is 0 Å². The van der Waals surface area contributed by atoms with E-state index in [9.17, 15) is 14.4 Å². The molecule has 0 aliphatic rings. The first-order valence-electron chi connectivity index (χ1n) is 8.38. The van der Waals surface area contributed by atoms with Gasteiger partial charge >= 0.3 is 12.0 Å². The van der Waals surface area contributed by atoms with Crippen LogP contribution in [0.3, 0.4) is 0 Å². The minimum absolute atomic E-state index is 0.127. The Hall–Kier alpha value is -2.80. The molecule has 27 heavy (non-hydrogen) atoms. The molecule has 0 aromatic heterocycles. The average Bonchev–Trinajstić information content (AvgIpc) is 2.60. The van der Waals surface area contributed by atoms with Crippen molar-refractivity contribution in [1.29, 1.82) is 0 Å². The van der Waals surface area contributed by atoms with Gasteiger partial charge in [-0.3, -0.25) is 10.1 Å². The third-order valence-electron chi connectivity index (χ3n) is 3.51. The fourth-order valence-electron chi connectivity index (χ4n) is 2.29. The van der Waals surface area contributed by atoms with E-state index in [-0.39, 0.29) is 12.6 Å². The van der Waals surface area contributed by atoms with Crippen LogP contribution < -0.4 is 15.4 Å². The van der Waals surface area contributed by atoms with Gasteiger partial charge in [0.25, 0.3) is 5.91 Å². The van der Waals surface area contributed by atoms with E-state index < -0.39 is 24.0 Å². The highest BCUT2D eigenvalue weighted by Crippen LogP contribution is 2.31. The number of esters is 1. The predicted octanol–water partition coefficient (Wildman–Crippen LogP) is 3.04. The molecule has 0 radical (unpaired) electrons. The van der Waals surface area contributed by atoms with Gasteiger partial charge in [-0.15, -0.1) is 0 Å². The Labute approximate surface area is 162 Å². The van der Waals surface area contributed by atoms with E-state index in [2.05, 4.69) is 10.6 Å². The van der Waals surface area contributed by atoms with Crippen LogP contribution in [0.5, 0.6) is 5.75 Å². The van der Waals surface area contributed by atoms with Crippen molar-refractivity contribution >= 4 is 40.3 Å². The fourth-order valence-corrected chi connectivity index (χ4v) is 2.52. The number of amides is 3. The minimum Gasteiger partial charge on any atom is -0.481 e. The van der Waals surface area contributed by atoms with Crippen LogP contribution >= 0.6 is 11.6 Å². The number of imide groups is 1. The van der Waals surface area contributed by atoms with Gasteiger partial charge in [-0.2, -0.15) is 0 Å². The van der Waals surface area contributed by atoms with Gasteiger partial charge < -0.3 is 14.8 Å². The molecule has 0 fully saturated rings. The van der Waals surface area contributed by atoms with Crippen LogP contribution in [0.15, 0.2) is 36.4 Å². The van der Waals surface area contributed by atoms with Crippen molar-refractivity contribution in [2.24, 2.45) is 0 Å². The zero-order valence-corrected chi connectivity index (χ0v) is 16.0. The maximum Gasteiger partial charge on any atom is 0.344 e. The lowest BCUT2D eigenvalue weighted by Crippen LogP contribution is -2.46. The van der Waals surface area contributed by atoms with Gasteiger partial charge in [0.15, 0.2) is 12.7 Å². The molecule has 0 saturated carbocycles. The molecule has 0 bridgehead atoms. The molecule has 8 heteroatoms. The van der Waals surface area contributed by atoms with Crippen LogP contribution in [0, 0.1) is 0 Å². The molecule has 0 heterocycles. The van der Waals surface area contributed by atoms with E-state index in [1.807, 2.05) is 24.3 Å². The van der Waals surface area contributed by atoms with Gasteiger partial charge in [-0.25, -0.2) is 9.59 Å². The summed E-state index contributed by atoms with van der Waals surface area (Å²) in [5.74, 6) is -0.986. The Morgan fingerprint density at radius 1 is 1.04 bits per heavy atom. The number of benzene rings is 2. The number of hydrogen-bond donors (Lipinski definition) is 2. The van der Waals surface area contributed by atoms with Gasteiger partial charge in [0.05, 0.1) is 0 Å². The van der Waals surface area contributed by atoms with Crippen molar-refractivity contribution in [1.82, 2.24) is 10.6 Å². The van der Waals surface area contributed by atoms with Gasteiger partial charge in [0, 0.05) is 21.8 Å². The first kappa shape index (κ1) is 20.5. The van der Waals surface area contributed by atoms with Gasteiger partial charge in [0.1, 0.15) is 5.75 Å². The van der Waals surface area contributed by atoms with Crippen LogP contribution in [-0.2, 0) is 14.3 Å². The lowest BCUT2D eigenvalue weighted by Gasteiger charge is -2.15.